The number of benzene rings is 1. The number of amides is 1. The number of carboxylic acids is 1. The first kappa shape index (κ1) is 28.1. The van der Waals surface area contributed by atoms with Crippen LogP contribution in [0.3, 0.4) is 0 Å². The third-order valence-corrected chi connectivity index (χ3v) is 7.83. The van der Waals surface area contributed by atoms with Crippen LogP contribution >= 0.6 is 0 Å². The smallest absolute Gasteiger partial charge is 0.475 e. The van der Waals surface area contributed by atoms with Crippen LogP contribution in [-0.2, 0) is 19.6 Å². The number of nitrogens with one attached hydrogen (secondary N) is 1. The molecule has 0 bridgehead atoms. The molecule has 8 nitrogen and oxygen atoms in total. The molecule has 2 aliphatic rings. The Labute approximate surface area is 198 Å². The highest BCUT2D eigenvalue weighted by Crippen LogP contribution is 2.28. The van der Waals surface area contributed by atoms with Gasteiger partial charge in [0.05, 0.1) is 4.90 Å². The Hall–Kier alpha value is -2.18. The Morgan fingerprint density at radius 1 is 1.09 bits per heavy atom. The Morgan fingerprint density at radius 3 is 2.12 bits per heavy atom. The van der Waals surface area contributed by atoms with Crippen molar-refractivity contribution < 1.29 is 36.3 Å². The molecule has 1 amide bonds. The summed E-state index contributed by atoms with van der Waals surface area (Å²) in [6.45, 7) is 5.23. The van der Waals surface area contributed by atoms with Crippen LogP contribution < -0.4 is 5.32 Å². The fraction of sp³-hybridized carbons (Fsp3) is 0.636. The molecule has 12 heteroatoms. The lowest BCUT2D eigenvalue weighted by Gasteiger charge is -2.34. The van der Waals surface area contributed by atoms with E-state index in [0.717, 1.165) is 50.8 Å². The summed E-state index contributed by atoms with van der Waals surface area (Å²) in [6, 6.07) is 7.02. The number of carboxylic acid groups (broad SMARTS) is 1. The molecule has 1 saturated heterocycles. The minimum absolute atomic E-state index is 0.000811. The van der Waals surface area contributed by atoms with Gasteiger partial charge in [0.15, 0.2) is 0 Å². The van der Waals surface area contributed by atoms with Crippen LogP contribution in [0.15, 0.2) is 29.2 Å². The van der Waals surface area contributed by atoms with Gasteiger partial charge in [-0.2, -0.15) is 17.5 Å². The Kier molecular flexibility index (Phi) is 10.3. The molecule has 1 saturated carbocycles. The number of aliphatic carboxylic acids is 1. The summed E-state index contributed by atoms with van der Waals surface area (Å²) >= 11 is 0. The zero-order valence-corrected chi connectivity index (χ0v) is 20.0. The van der Waals surface area contributed by atoms with E-state index in [9.17, 15) is 26.4 Å². The lowest BCUT2D eigenvalue weighted by atomic mass is 9.95. The summed E-state index contributed by atoms with van der Waals surface area (Å²) in [5, 5.41) is 10.4. The van der Waals surface area contributed by atoms with Gasteiger partial charge in [-0.1, -0.05) is 37.0 Å². The van der Waals surface area contributed by atoms with Crippen molar-refractivity contribution in [3.63, 3.8) is 0 Å². The molecule has 3 rings (SSSR count). The second-order valence-corrected chi connectivity index (χ2v) is 10.3. The molecule has 1 aliphatic heterocycles. The maximum Gasteiger partial charge on any atom is 0.490 e. The predicted molar refractivity (Wildman–Crippen MR) is 120 cm³/mol. The second-order valence-electron chi connectivity index (χ2n) is 8.40. The van der Waals surface area contributed by atoms with Crippen LogP contribution in [-0.4, -0.2) is 79.5 Å². The molecule has 1 aromatic rings. The van der Waals surface area contributed by atoms with Crippen molar-refractivity contribution in [2.75, 3.05) is 32.7 Å². The van der Waals surface area contributed by atoms with Crippen molar-refractivity contribution in [1.82, 2.24) is 14.5 Å². The van der Waals surface area contributed by atoms with Gasteiger partial charge in [0.1, 0.15) is 0 Å². The number of rotatable bonds is 6. The largest absolute Gasteiger partial charge is 0.490 e. The third-order valence-electron chi connectivity index (χ3n) is 5.87. The number of hydrogen-bond donors (Lipinski definition) is 2. The molecule has 2 N–H and O–H groups in total. The highest BCUT2D eigenvalue weighted by molar-refractivity contribution is 7.89. The van der Waals surface area contributed by atoms with E-state index < -0.39 is 22.2 Å². The summed E-state index contributed by atoms with van der Waals surface area (Å²) in [7, 11) is -3.59. The number of carbonyl (C=O) groups is 2. The number of sulfonamides is 1. The van der Waals surface area contributed by atoms with E-state index in [1.807, 2.05) is 24.0 Å². The van der Waals surface area contributed by atoms with Crippen LogP contribution in [0.4, 0.5) is 13.2 Å². The fourth-order valence-electron chi connectivity index (χ4n) is 3.99. The van der Waals surface area contributed by atoms with Crippen LogP contribution in [0.5, 0.6) is 0 Å². The number of alkyl halides is 3. The number of hydrogen-bond acceptors (Lipinski definition) is 5. The van der Waals surface area contributed by atoms with Gasteiger partial charge >= 0.3 is 12.1 Å². The van der Waals surface area contributed by atoms with Gasteiger partial charge < -0.3 is 15.3 Å². The Balaban J connectivity index is 0.000000509. The summed E-state index contributed by atoms with van der Waals surface area (Å²) in [5.41, 5.74) is 1.03. The van der Waals surface area contributed by atoms with E-state index in [1.165, 1.54) is 0 Å². The zero-order valence-electron chi connectivity index (χ0n) is 19.2. The second kappa shape index (κ2) is 12.5. The van der Waals surface area contributed by atoms with E-state index in [0.29, 0.717) is 18.0 Å². The van der Waals surface area contributed by atoms with E-state index >= 15 is 0 Å². The zero-order chi connectivity index (χ0) is 25.4. The van der Waals surface area contributed by atoms with Gasteiger partial charge in [-0.25, -0.2) is 13.2 Å². The van der Waals surface area contributed by atoms with E-state index in [4.69, 9.17) is 9.90 Å². The molecule has 0 unspecified atom stereocenters. The van der Waals surface area contributed by atoms with Crippen LogP contribution in [0.2, 0.25) is 0 Å². The summed E-state index contributed by atoms with van der Waals surface area (Å²) in [4.78, 5) is 23.6. The molecular weight excluding hydrogens is 475 g/mol. The highest BCUT2D eigenvalue weighted by Gasteiger charge is 2.38. The quantitative estimate of drug-likeness (QED) is 0.613. The van der Waals surface area contributed by atoms with Gasteiger partial charge in [0.25, 0.3) is 0 Å². The van der Waals surface area contributed by atoms with Crippen molar-refractivity contribution in [3.8, 4) is 0 Å². The highest BCUT2D eigenvalue weighted by atomic mass is 32.2. The van der Waals surface area contributed by atoms with E-state index in [-0.39, 0.29) is 24.9 Å². The van der Waals surface area contributed by atoms with Crippen molar-refractivity contribution >= 4 is 21.9 Å². The molecule has 2 fully saturated rings. The molecule has 0 spiro atoms. The molecule has 1 aliphatic carbocycles. The number of nitrogens with zero attached hydrogens (tertiary/aromatic N) is 2. The first-order chi connectivity index (χ1) is 15.9. The monoisotopic (exact) mass is 507 g/mol. The Morgan fingerprint density at radius 2 is 1.62 bits per heavy atom. The molecule has 34 heavy (non-hydrogen) atoms. The maximum atomic E-state index is 13.3. The fourth-order valence-corrected chi connectivity index (χ4v) is 5.68. The van der Waals surface area contributed by atoms with Crippen LogP contribution in [0.25, 0.3) is 0 Å². The van der Waals surface area contributed by atoms with Gasteiger partial charge in [-0.3, -0.25) is 4.79 Å². The SMILES string of the molecule is Cc1ccc(S(=O)(=O)N(CCC(=O)N2CCNCC2)C2CCCCC2)cc1.O=C(O)C(F)(F)F. The average Bonchev–Trinajstić information content (AvgIpc) is 2.80. The van der Waals surface area contributed by atoms with Crippen molar-refractivity contribution in [1.29, 1.82) is 0 Å². The number of aryl methyl sites for hydroxylation is 1. The summed E-state index contributed by atoms with van der Waals surface area (Å²) in [5.74, 6) is -2.70. The molecule has 1 aromatic carbocycles. The third kappa shape index (κ3) is 8.24. The molecule has 0 aromatic heterocycles. The topological polar surface area (TPSA) is 107 Å². The van der Waals surface area contributed by atoms with E-state index in [1.54, 1.807) is 16.4 Å². The minimum Gasteiger partial charge on any atom is -0.475 e. The van der Waals surface area contributed by atoms with Crippen LogP contribution in [0.1, 0.15) is 44.1 Å². The lowest BCUT2D eigenvalue weighted by Crippen LogP contribution is -2.48. The summed E-state index contributed by atoms with van der Waals surface area (Å²) in [6.07, 6.45) is 0.197. The summed E-state index contributed by atoms with van der Waals surface area (Å²) < 4.78 is 60.0. The number of halogens is 3. The first-order valence-corrected chi connectivity index (χ1v) is 12.7. The number of piperazine rings is 1. The standard InChI is InChI=1S/C20H31N3O3S.C2HF3O2/c1-17-7-9-19(10-8-17)27(25,26)23(18-5-3-2-4-6-18)14-11-20(24)22-15-12-21-13-16-22;3-2(4,5)1(6)7/h7-10,18,21H,2-6,11-16H2,1H3;(H,6,7). The first-order valence-electron chi connectivity index (χ1n) is 11.3. The van der Waals surface area contributed by atoms with Crippen molar-refractivity contribution in [2.45, 2.75) is 62.6 Å². The minimum atomic E-state index is -5.08. The van der Waals surface area contributed by atoms with Crippen molar-refractivity contribution in [2.24, 2.45) is 0 Å². The molecular formula is C22H32F3N3O5S. The normalized spacial score (nSPS) is 17.7. The van der Waals surface area contributed by atoms with Gasteiger partial charge in [-0.05, 0) is 31.9 Å². The number of carbonyl (C=O) groups excluding carboxylic acids is 1. The predicted octanol–water partition coefficient (Wildman–Crippen LogP) is 2.77. The van der Waals surface area contributed by atoms with Gasteiger partial charge in [0.2, 0.25) is 15.9 Å². The lowest BCUT2D eigenvalue weighted by molar-refractivity contribution is -0.192. The average molecular weight is 508 g/mol. The molecule has 1 heterocycles. The van der Waals surface area contributed by atoms with E-state index in [2.05, 4.69) is 5.32 Å². The molecule has 192 valence electrons. The molecule has 0 radical (unpaired) electrons. The van der Waals surface area contributed by atoms with Crippen LogP contribution in [0, 0.1) is 6.92 Å². The van der Waals surface area contributed by atoms with Crippen molar-refractivity contribution in [3.05, 3.63) is 29.8 Å². The van der Waals surface area contributed by atoms with Gasteiger partial charge in [0, 0.05) is 45.2 Å². The Bertz CT molecular complexity index is 911. The molecule has 0 atom stereocenters. The van der Waals surface area contributed by atoms with Gasteiger partial charge in [-0.15, -0.1) is 0 Å². The maximum absolute atomic E-state index is 13.3.